The molecule has 6 heteroatoms. The summed E-state index contributed by atoms with van der Waals surface area (Å²) in [5.41, 5.74) is 2.82. The predicted molar refractivity (Wildman–Crippen MR) is 90.8 cm³/mol. The molecule has 1 aromatic carbocycles. The molecule has 1 aromatic heterocycles. The molecule has 0 saturated heterocycles. The maximum absolute atomic E-state index is 12.2. The number of hydrogen-bond donors (Lipinski definition) is 1. The smallest absolute Gasteiger partial charge is 0.264 e. The van der Waals surface area contributed by atoms with Gasteiger partial charge in [0.2, 0.25) is 5.91 Å². The fourth-order valence-corrected chi connectivity index (χ4v) is 3.00. The minimum Gasteiger partial charge on any atom is -0.332 e. The molecular formula is C16H17ClN2O2S. The van der Waals surface area contributed by atoms with Crippen LogP contribution in [0.5, 0.6) is 0 Å². The van der Waals surface area contributed by atoms with Crippen molar-refractivity contribution in [3.63, 3.8) is 0 Å². The highest BCUT2D eigenvalue weighted by molar-refractivity contribution is 7.17. The zero-order valence-corrected chi connectivity index (χ0v) is 14.2. The Morgan fingerprint density at radius 2 is 1.95 bits per heavy atom. The first-order chi connectivity index (χ1) is 10.4. The highest BCUT2D eigenvalue weighted by Gasteiger charge is 2.17. The van der Waals surface area contributed by atoms with Gasteiger partial charge in [0.15, 0.2) is 0 Å². The number of nitrogens with zero attached hydrogens (tertiary/aromatic N) is 1. The van der Waals surface area contributed by atoms with E-state index < -0.39 is 0 Å². The normalized spacial score (nSPS) is 10.4. The first-order valence-electron chi connectivity index (χ1n) is 6.74. The number of thiophene rings is 1. The van der Waals surface area contributed by atoms with Crippen LogP contribution in [0, 0.1) is 13.8 Å². The van der Waals surface area contributed by atoms with Crippen molar-refractivity contribution >= 4 is 40.4 Å². The maximum Gasteiger partial charge on any atom is 0.264 e. The van der Waals surface area contributed by atoms with Crippen LogP contribution in [-0.2, 0) is 4.79 Å². The van der Waals surface area contributed by atoms with Gasteiger partial charge in [-0.05, 0) is 43.2 Å². The van der Waals surface area contributed by atoms with Crippen molar-refractivity contribution in [3.05, 3.63) is 50.7 Å². The van der Waals surface area contributed by atoms with Crippen LogP contribution in [0.25, 0.3) is 0 Å². The van der Waals surface area contributed by atoms with E-state index in [1.165, 1.54) is 16.2 Å². The molecule has 0 bridgehead atoms. The van der Waals surface area contributed by atoms with Crippen molar-refractivity contribution in [2.45, 2.75) is 13.8 Å². The van der Waals surface area contributed by atoms with E-state index in [0.717, 1.165) is 16.8 Å². The SMILES string of the molecule is Cc1ccc(C)c(NC(=O)CN(C)C(=O)c2ccc(Cl)s2)c1. The van der Waals surface area contributed by atoms with Crippen LogP contribution in [0.3, 0.4) is 0 Å². The minimum atomic E-state index is -0.229. The fraction of sp³-hybridized carbons (Fsp3) is 0.250. The van der Waals surface area contributed by atoms with Gasteiger partial charge in [-0.3, -0.25) is 9.59 Å². The average molecular weight is 337 g/mol. The van der Waals surface area contributed by atoms with Gasteiger partial charge in [-0.2, -0.15) is 0 Å². The fourth-order valence-electron chi connectivity index (χ4n) is 1.96. The molecule has 1 heterocycles. The predicted octanol–water partition coefficient (Wildman–Crippen LogP) is 3.73. The minimum absolute atomic E-state index is 0.0122. The topological polar surface area (TPSA) is 49.4 Å². The van der Waals surface area contributed by atoms with Gasteiger partial charge < -0.3 is 10.2 Å². The van der Waals surface area contributed by atoms with Crippen molar-refractivity contribution in [1.82, 2.24) is 4.90 Å². The Bertz CT molecular complexity index is 712. The maximum atomic E-state index is 12.2. The quantitative estimate of drug-likeness (QED) is 0.924. The van der Waals surface area contributed by atoms with Crippen LogP contribution in [0.2, 0.25) is 4.34 Å². The molecular weight excluding hydrogens is 320 g/mol. The third-order valence-electron chi connectivity index (χ3n) is 3.18. The van der Waals surface area contributed by atoms with E-state index in [1.54, 1.807) is 19.2 Å². The number of amides is 2. The lowest BCUT2D eigenvalue weighted by Crippen LogP contribution is -2.34. The van der Waals surface area contributed by atoms with Gasteiger partial charge in [0.1, 0.15) is 0 Å². The second-order valence-electron chi connectivity index (χ2n) is 5.13. The van der Waals surface area contributed by atoms with Gasteiger partial charge in [-0.25, -0.2) is 0 Å². The summed E-state index contributed by atoms with van der Waals surface area (Å²) >= 11 is 7.03. The molecule has 2 amide bonds. The number of carbonyl (C=O) groups is 2. The van der Waals surface area contributed by atoms with Crippen molar-refractivity contribution in [1.29, 1.82) is 0 Å². The molecule has 0 atom stereocenters. The first-order valence-corrected chi connectivity index (χ1v) is 7.94. The van der Waals surface area contributed by atoms with Crippen molar-refractivity contribution in [3.8, 4) is 0 Å². The van der Waals surface area contributed by atoms with Gasteiger partial charge in [-0.1, -0.05) is 23.7 Å². The Balaban J connectivity index is 1.99. The van der Waals surface area contributed by atoms with E-state index in [0.29, 0.717) is 9.21 Å². The first kappa shape index (κ1) is 16.5. The van der Waals surface area contributed by atoms with Gasteiger partial charge in [0.05, 0.1) is 15.8 Å². The number of benzene rings is 1. The van der Waals surface area contributed by atoms with Crippen molar-refractivity contribution in [2.75, 3.05) is 18.9 Å². The lowest BCUT2D eigenvalue weighted by Gasteiger charge is -2.16. The summed E-state index contributed by atoms with van der Waals surface area (Å²) < 4.78 is 0.552. The molecule has 0 fully saturated rings. The van der Waals surface area contributed by atoms with Crippen molar-refractivity contribution < 1.29 is 9.59 Å². The van der Waals surface area contributed by atoms with Gasteiger partial charge in [0, 0.05) is 12.7 Å². The zero-order valence-electron chi connectivity index (χ0n) is 12.6. The van der Waals surface area contributed by atoms with Crippen LogP contribution in [-0.4, -0.2) is 30.3 Å². The molecule has 22 heavy (non-hydrogen) atoms. The van der Waals surface area contributed by atoms with Crippen LogP contribution >= 0.6 is 22.9 Å². The molecule has 0 aliphatic rings. The lowest BCUT2D eigenvalue weighted by atomic mass is 10.1. The number of likely N-dealkylation sites (N-methyl/N-ethyl adjacent to an activating group) is 1. The molecule has 0 aliphatic heterocycles. The number of aryl methyl sites for hydroxylation is 2. The molecule has 0 unspecified atom stereocenters. The Hall–Kier alpha value is -1.85. The average Bonchev–Trinajstić information content (AvgIpc) is 2.88. The van der Waals surface area contributed by atoms with E-state index in [9.17, 15) is 9.59 Å². The third kappa shape index (κ3) is 4.08. The molecule has 116 valence electrons. The Kier molecular flexibility index (Phi) is 5.21. The van der Waals surface area contributed by atoms with E-state index in [4.69, 9.17) is 11.6 Å². The second-order valence-corrected chi connectivity index (χ2v) is 6.85. The molecule has 0 saturated carbocycles. The monoisotopic (exact) mass is 336 g/mol. The van der Waals surface area contributed by atoms with Gasteiger partial charge in [-0.15, -0.1) is 11.3 Å². The Labute approximate surface area is 138 Å². The van der Waals surface area contributed by atoms with E-state index in [-0.39, 0.29) is 18.4 Å². The summed E-state index contributed by atoms with van der Waals surface area (Å²) in [6.07, 6.45) is 0. The summed E-state index contributed by atoms with van der Waals surface area (Å²) in [6.45, 7) is 3.88. The van der Waals surface area contributed by atoms with Gasteiger partial charge >= 0.3 is 0 Å². The van der Waals surface area contributed by atoms with Crippen LogP contribution < -0.4 is 5.32 Å². The standard InChI is InChI=1S/C16H17ClN2O2S/c1-10-4-5-11(2)12(8-10)18-15(20)9-19(3)16(21)13-6-7-14(17)22-13/h4-8H,9H2,1-3H3,(H,18,20). The Morgan fingerprint density at radius 3 is 2.59 bits per heavy atom. The molecule has 2 aromatic rings. The summed E-state index contributed by atoms with van der Waals surface area (Å²) in [7, 11) is 1.60. The summed E-state index contributed by atoms with van der Waals surface area (Å²) in [5.74, 6) is -0.444. The van der Waals surface area contributed by atoms with E-state index in [1.807, 2.05) is 32.0 Å². The molecule has 0 radical (unpaired) electrons. The summed E-state index contributed by atoms with van der Waals surface area (Å²) in [5, 5.41) is 2.84. The number of halogens is 1. The molecule has 4 nitrogen and oxygen atoms in total. The number of carbonyl (C=O) groups excluding carboxylic acids is 2. The number of rotatable bonds is 4. The molecule has 0 aliphatic carbocycles. The lowest BCUT2D eigenvalue weighted by molar-refractivity contribution is -0.116. The van der Waals surface area contributed by atoms with Crippen LogP contribution in [0.1, 0.15) is 20.8 Å². The van der Waals surface area contributed by atoms with Gasteiger partial charge in [0.25, 0.3) is 5.91 Å². The third-order valence-corrected chi connectivity index (χ3v) is 4.40. The van der Waals surface area contributed by atoms with Crippen molar-refractivity contribution in [2.24, 2.45) is 0 Å². The van der Waals surface area contributed by atoms with Crippen LogP contribution in [0.15, 0.2) is 30.3 Å². The number of anilines is 1. The number of hydrogen-bond acceptors (Lipinski definition) is 3. The summed E-state index contributed by atoms with van der Waals surface area (Å²) in [4.78, 5) is 26.2. The molecule has 1 N–H and O–H groups in total. The number of nitrogens with one attached hydrogen (secondary N) is 1. The van der Waals surface area contributed by atoms with E-state index in [2.05, 4.69) is 5.32 Å². The highest BCUT2D eigenvalue weighted by atomic mass is 35.5. The molecule has 2 rings (SSSR count). The largest absolute Gasteiger partial charge is 0.332 e. The zero-order chi connectivity index (χ0) is 16.3. The van der Waals surface area contributed by atoms with E-state index >= 15 is 0 Å². The highest BCUT2D eigenvalue weighted by Crippen LogP contribution is 2.22. The van der Waals surface area contributed by atoms with Crippen LogP contribution in [0.4, 0.5) is 5.69 Å². The molecule has 0 spiro atoms. The summed E-state index contributed by atoms with van der Waals surface area (Å²) in [6, 6.07) is 9.18. The second kappa shape index (κ2) is 6.94. The Morgan fingerprint density at radius 1 is 1.23 bits per heavy atom.